The van der Waals surface area contributed by atoms with E-state index >= 15 is 0 Å². The molecule has 0 saturated carbocycles. The number of sulfonamides is 1. The van der Waals surface area contributed by atoms with Gasteiger partial charge < -0.3 is 0 Å². The maximum Gasteiger partial charge on any atom is 0.240 e. The summed E-state index contributed by atoms with van der Waals surface area (Å²) in [5.41, 5.74) is 3.08. The highest BCUT2D eigenvalue weighted by atomic mass is 32.2. The highest BCUT2D eigenvalue weighted by Gasteiger charge is 2.19. The molecule has 0 aliphatic carbocycles. The summed E-state index contributed by atoms with van der Waals surface area (Å²) in [4.78, 5) is 12.0. The van der Waals surface area contributed by atoms with Crippen molar-refractivity contribution in [3.05, 3.63) is 71.3 Å². The summed E-state index contributed by atoms with van der Waals surface area (Å²) in [6.07, 6.45) is 0.978. The SMILES string of the molecule is CC(c1ccccc1)c1cccc([C@@H](C)C(=O)NS(C)(=O)=O)c1. The molecule has 4 nitrogen and oxygen atoms in total. The van der Waals surface area contributed by atoms with Gasteiger partial charge in [-0.2, -0.15) is 0 Å². The molecule has 0 bridgehead atoms. The fourth-order valence-corrected chi connectivity index (χ4v) is 3.00. The van der Waals surface area contributed by atoms with Gasteiger partial charge in [0.1, 0.15) is 0 Å². The van der Waals surface area contributed by atoms with Crippen molar-refractivity contribution in [1.82, 2.24) is 4.72 Å². The summed E-state index contributed by atoms with van der Waals surface area (Å²) in [6.45, 7) is 3.81. The number of rotatable bonds is 5. The van der Waals surface area contributed by atoms with Crippen LogP contribution in [0.15, 0.2) is 54.6 Å². The van der Waals surface area contributed by atoms with Crippen LogP contribution in [0, 0.1) is 0 Å². The Kier molecular flexibility index (Phi) is 5.21. The molecular weight excluding hydrogens is 310 g/mol. The van der Waals surface area contributed by atoms with E-state index in [4.69, 9.17) is 0 Å². The lowest BCUT2D eigenvalue weighted by Crippen LogP contribution is -2.32. The number of hydrogen-bond acceptors (Lipinski definition) is 3. The Morgan fingerprint density at radius 2 is 1.48 bits per heavy atom. The van der Waals surface area contributed by atoms with Gasteiger partial charge in [-0.15, -0.1) is 0 Å². The Morgan fingerprint density at radius 1 is 0.913 bits per heavy atom. The summed E-state index contributed by atoms with van der Waals surface area (Å²) in [7, 11) is -3.55. The van der Waals surface area contributed by atoms with E-state index in [1.165, 1.54) is 5.56 Å². The summed E-state index contributed by atoms with van der Waals surface area (Å²) < 4.78 is 24.4. The van der Waals surface area contributed by atoms with E-state index in [1.807, 2.05) is 47.2 Å². The number of benzene rings is 2. The van der Waals surface area contributed by atoms with Crippen molar-refractivity contribution in [3.8, 4) is 0 Å². The highest BCUT2D eigenvalue weighted by Crippen LogP contribution is 2.26. The van der Waals surface area contributed by atoms with Gasteiger partial charge in [-0.05, 0) is 23.6 Å². The Morgan fingerprint density at radius 3 is 2.09 bits per heavy atom. The molecule has 0 aliphatic heterocycles. The Labute approximate surface area is 137 Å². The number of hydrogen-bond donors (Lipinski definition) is 1. The summed E-state index contributed by atoms with van der Waals surface area (Å²) in [5, 5.41) is 0. The van der Waals surface area contributed by atoms with Crippen LogP contribution in [0.4, 0.5) is 0 Å². The number of amides is 1. The molecule has 1 amide bonds. The van der Waals surface area contributed by atoms with Crippen LogP contribution in [0.2, 0.25) is 0 Å². The Bertz CT molecular complexity index is 785. The first-order valence-corrected chi connectivity index (χ1v) is 9.33. The molecule has 0 heterocycles. The molecule has 5 heteroatoms. The molecule has 0 aromatic heterocycles. The van der Waals surface area contributed by atoms with Crippen molar-refractivity contribution in [3.63, 3.8) is 0 Å². The molecule has 23 heavy (non-hydrogen) atoms. The molecule has 0 spiro atoms. The largest absolute Gasteiger partial charge is 0.273 e. The van der Waals surface area contributed by atoms with Crippen molar-refractivity contribution in [2.45, 2.75) is 25.7 Å². The van der Waals surface area contributed by atoms with Gasteiger partial charge in [0.15, 0.2) is 0 Å². The van der Waals surface area contributed by atoms with Gasteiger partial charge in [-0.3, -0.25) is 9.52 Å². The highest BCUT2D eigenvalue weighted by molar-refractivity contribution is 7.89. The molecule has 0 fully saturated rings. The van der Waals surface area contributed by atoms with E-state index in [0.29, 0.717) is 0 Å². The van der Waals surface area contributed by atoms with Crippen molar-refractivity contribution >= 4 is 15.9 Å². The predicted molar refractivity (Wildman–Crippen MR) is 91.8 cm³/mol. The van der Waals surface area contributed by atoms with Crippen molar-refractivity contribution in [2.75, 3.05) is 6.26 Å². The van der Waals surface area contributed by atoms with Gasteiger partial charge in [0.05, 0.1) is 12.2 Å². The first-order chi connectivity index (χ1) is 10.8. The van der Waals surface area contributed by atoms with Crippen LogP contribution in [0.1, 0.15) is 42.4 Å². The third kappa shape index (κ3) is 4.66. The number of carbonyl (C=O) groups excluding carboxylic acids is 1. The Hall–Kier alpha value is -2.14. The average molecular weight is 331 g/mol. The van der Waals surface area contributed by atoms with Gasteiger partial charge in [0, 0.05) is 5.92 Å². The van der Waals surface area contributed by atoms with E-state index in [2.05, 4.69) is 19.1 Å². The minimum absolute atomic E-state index is 0.196. The van der Waals surface area contributed by atoms with Gasteiger partial charge in [0.2, 0.25) is 15.9 Å². The predicted octanol–water partition coefficient (Wildman–Crippen LogP) is 3.02. The lowest BCUT2D eigenvalue weighted by molar-refractivity contribution is -0.120. The molecule has 2 aromatic carbocycles. The molecule has 2 atom stereocenters. The van der Waals surface area contributed by atoms with Crippen molar-refractivity contribution in [1.29, 1.82) is 0 Å². The third-order valence-electron chi connectivity index (χ3n) is 3.89. The molecule has 2 rings (SSSR count). The smallest absolute Gasteiger partial charge is 0.240 e. The second-order valence-corrected chi connectivity index (χ2v) is 7.51. The quantitative estimate of drug-likeness (QED) is 0.916. The van der Waals surface area contributed by atoms with E-state index in [-0.39, 0.29) is 5.92 Å². The standard InChI is InChI=1S/C18H21NO3S/c1-13(15-8-5-4-6-9-15)16-10-7-11-17(12-16)14(2)18(20)19-23(3,21)22/h4-14H,1-3H3,(H,19,20)/t13?,14-/m1/s1. The molecule has 122 valence electrons. The molecule has 1 unspecified atom stereocenters. The first kappa shape index (κ1) is 17.2. The third-order valence-corrected chi connectivity index (χ3v) is 4.46. The van der Waals surface area contributed by atoms with Gasteiger partial charge >= 0.3 is 0 Å². The zero-order chi connectivity index (χ0) is 17.0. The van der Waals surface area contributed by atoms with Crippen LogP contribution in [0.5, 0.6) is 0 Å². The number of nitrogens with one attached hydrogen (secondary N) is 1. The second-order valence-electron chi connectivity index (χ2n) is 5.76. The van der Waals surface area contributed by atoms with E-state index in [0.717, 1.165) is 17.4 Å². The van der Waals surface area contributed by atoms with Gasteiger partial charge in [-0.25, -0.2) is 8.42 Å². The normalized spacial score (nSPS) is 14.0. The minimum atomic E-state index is -3.55. The molecule has 0 aliphatic rings. The maximum absolute atomic E-state index is 12.0. The van der Waals surface area contributed by atoms with Crippen molar-refractivity contribution < 1.29 is 13.2 Å². The molecule has 0 radical (unpaired) electrons. The van der Waals surface area contributed by atoms with Gasteiger partial charge in [-0.1, -0.05) is 61.5 Å². The van der Waals surface area contributed by atoms with Crippen LogP contribution in [0.3, 0.4) is 0 Å². The topological polar surface area (TPSA) is 63.2 Å². The second kappa shape index (κ2) is 6.96. The molecular formula is C18H21NO3S. The van der Waals surface area contributed by atoms with E-state index in [9.17, 15) is 13.2 Å². The summed E-state index contributed by atoms with van der Waals surface area (Å²) in [6, 6.07) is 17.8. The lowest BCUT2D eigenvalue weighted by atomic mass is 9.90. The number of carbonyl (C=O) groups is 1. The van der Waals surface area contributed by atoms with Gasteiger partial charge in [0.25, 0.3) is 0 Å². The van der Waals surface area contributed by atoms with Crippen LogP contribution in [-0.4, -0.2) is 20.6 Å². The monoisotopic (exact) mass is 331 g/mol. The molecule has 0 saturated heterocycles. The zero-order valence-electron chi connectivity index (χ0n) is 13.5. The molecule has 2 aromatic rings. The average Bonchev–Trinajstić information content (AvgIpc) is 2.52. The summed E-state index contributed by atoms with van der Waals surface area (Å²) in [5.74, 6) is -0.856. The maximum atomic E-state index is 12.0. The fraction of sp³-hybridized carbons (Fsp3) is 0.278. The lowest BCUT2D eigenvalue weighted by Gasteiger charge is -2.16. The summed E-state index contributed by atoms with van der Waals surface area (Å²) >= 11 is 0. The van der Waals surface area contributed by atoms with Crippen LogP contribution < -0.4 is 4.72 Å². The first-order valence-electron chi connectivity index (χ1n) is 7.44. The minimum Gasteiger partial charge on any atom is -0.273 e. The zero-order valence-corrected chi connectivity index (χ0v) is 14.3. The van der Waals surface area contributed by atoms with E-state index < -0.39 is 21.8 Å². The fourth-order valence-electron chi connectivity index (χ4n) is 2.45. The van der Waals surface area contributed by atoms with E-state index in [1.54, 1.807) is 6.92 Å². The Balaban J connectivity index is 2.24. The molecule has 1 N–H and O–H groups in total. The van der Waals surface area contributed by atoms with Crippen LogP contribution in [-0.2, 0) is 14.8 Å². The van der Waals surface area contributed by atoms with Crippen molar-refractivity contribution in [2.24, 2.45) is 0 Å². The van der Waals surface area contributed by atoms with Crippen LogP contribution in [0.25, 0.3) is 0 Å². The van der Waals surface area contributed by atoms with Crippen LogP contribution >= 0.6 is 0 Å².